The van der Waals surface area contributed by atoms with Gasteiger partial charge in [0.25, 0.3) is 15.9 Å². The number of anilines is 3. The number of nitrogens with one attached hydrogen (secondary N) is 3. The van der Waals surface area contributed by atoms with E-state index in [0.29, 0.717) is 53.8 Å². The van der Waals surface area contributed by atoms with Crippen molar-refractivity contribution in [1.82, 2.24) is 20.4 Å². The lowest BCUT2D eigenvalue weighted by Crippen LogP contribution is -2.48. The van der Waals surface area contributed by atoms with Crippen LogP contribution in [0.15, 0.2) is 71.6 Å². The highest BCUT2D eigenvalue weighted by Gasteiger charge is 2.22. The molecule has 202 valence electrons. The fraction of sp³-hybridized carbons (Fsp3) is 0.192. The zero-order valence-corrected chi connectivity index (χ0v) is 22.4. The highest BCUT2D eigenvalue weighted by Crippen LogP contribution is 2.32. The van der Waals surface area contributed by atoms with Crippen LogP contribution in [0.2, 0.25) is 5.02 Å². The van der Waals surface area contributed by atoms with E-state index in [4.69, 9.17) is 21.1 Å². The Morgan fingerprint density at radius 1 is 0.974 bits per heavy atom. The van der Waals surface area contributed by atoms with Gasteiger partial charge in [-0.15, -0.1) is 0 Å². The quantitative estimate of drug-likeness (QED) is 0.290. The number of para-hydroxylation sites is 2. The minimum atomic E-state index is -4.17. The van der Waals surface area contributed by atoms with Crippen molar-refractivity contribution in [3.05, 3.63) is 77.3 Å². The summed E-state index contributed by atoms with van der Waals surface area (Å²) < 4.78 is 40.0. The second-order valence-corrected chi connectivity index (χ2v) is 10.6. The topological polar surface area (TPSA) is 135 Å². The van der Waals surface area contributed by atoms with Crippen LogP contribution in [0, 0.1) is 0 Å². The summed E-state index contributed by atoms with van der Waals surface area (Å²) in [7, 11) is -2.65. The predicted octanol–water partition coefficient (Wildman–Crippen LogP) is 3.81. The summed E-state index contributed by atoms with van der Waals surface area (Å²) in [5.74, 6) is 0.212. The van der Waals surface area contributed by atoms with Gasteiger partial charge in [0.05, 0.1) is 47.0 Å². The molecule has 11 nitrogen and oxygen atoms in total. The third-order valence-corrected chi connectivity index (χ3v) is 7.57. The van der Waals surface area contributed by atoms with Crippen LogP contribution in [0.5, 0.6) is 5.75 Å². The Bertz CT molecular complexity index is 1630. The molecule has 1 saturated heterocycles. The third-order valence-electron chi connectivity index (χ3n) is 5.91. The SMILES string of the molecule is COc1ccc(Cl)c(Nc2nc3ccccc3nc2NS(=O)(=O)c2cccc(C(=O)NN3CCOCC3)c2)c1. The molecular formula is C26H25ClN6O5S. The molecule has 1 aliphatic heterocycles. The van der Waals surface area contributed by atoms with Crippen molar-refractivity contribution in [3.63, 3.8) is 0 Å². The highest BCUT2D eigenvalue weighted by atomic mass is 35.5. The smallest absolute Gasteiger partial charge is 0.265 e. The average molecular weight is 569 g/mol. The van der Waals surface area contributed by atoms with Crippen molar-refractivity contribution < 1.29 is 22.7 Å². The molecule has 0 unspecified atom stereocenters. The van der Waals surface area contributed by atoms with Crippen molar-refractivity contribution in [1.29, 1.82) is 0 Å². The van der Waals surface area contributed by atoms with E-state index in [9.17, 15) is 13.2 Å². The minimum Gasteiger partial charge on any atom is -0.497 e. The molecule has 1 fully saturated rings. The number of halogens is 1. The number of sulfonamides is 1. The normalized spacial score (nSPS) is 14.1. The second-order valence-electron chi connectivity index (χ2n) is 8.55. The molecule has 39 heavy (non-hydrogen) atoms. The van der Waals surface area contributed by atoms with E-state index in [1.165, 1.54) is 25.3 Å². The zero-order chi connectivity index (χ0) is 27.4. The van der Waals surface area contributed by atoms with Gasteiger partial charge in [-0.05, 0) is 42.5 Å². The van der Waals surface area contributed by atoms with Crippen LogP contribution < -0.4 is 20.2 Å². The Labute approximate surface area is 230 Å². The van der Waals surface area contributed by atoms with Crippen LogP contribution in [0.3, 0.4) is 0 Å². The van der Waals surface area contributed by atoms with Crippen molar-refractivity contribution >= 4 is 55.9 Å². The van der Waals surface area contributed by atoms with E-state index in [1.54, 1.807) is 53.5 Å². The Morgan fingerprint density at radius 2 is 1.69 bits per heavy atom. The maximum absolute atomic E-state index is 13.5. The molecule has 5 rings (SSSR count). The minimum absolute atomic E-state index is 0.0456. The van der Waals surface area contributed by atoms with Crippen LogP contribution in [0.1, 0.15) is 10.4 Å². The van der Waals surface area contributed by atoms with Crippen LogP contribution in [0.25, 0.3) is 11.0 Å². The molecule has 0 atom stereocenters. The van der Waals surface area contributed by atoms with Crippen molar-refractivity contribution in [2.75, 3.05) is 43.5 Å². The summed E-state index contributed by atoms with van der Waals surface area (Å²) >= 11 is 6.37. The van der Waals surface area contributed by atoms with E-state index >= 15 is 0 Å². The first kappa shape index (κ1) is 26.6. The summed E-state index contributed by atoms with van der Waals surface area (Å²) in [5, 5.41) is 5.17. The number of hydrogen-bond donors (Lipinski definition) is 3. The molecule has 3 aromatic carbocycles. The maximum atomic E-state index is 13.5. The fourth-order valence-electron chi connectivity index (χ4n) is 3.89. The van der Waals surface area contributed by atoms with E-state index < -0.39 is 15.9 Å². The second kappa shape index (κ2) is 11.4. The van der Waals surface area contributed by atoms with Crippen LogP contribution >= 0.6 is 11.6 Å². The number of methoxy groups -OCH3 is 1. The van der Waals surface area contributed by atoms with Gasteiger partial charge in [-0.25, -0.2) is 23.4 Å². The fourth-order valence-corrected chi connectivity index (χ4v) is 5.11. The van der Waals surface area contributed by atoms with Gasteiger partial charge in [0.1, 0.15) is 5.75 Å². The monoisotopic (exact) mass is 568 g/mol. The lowest BCUT2D eigenvalue weighted by Gasteiger charge is -2.26. The first-order valence-electron chi connectivity index (χ1n) is 12.0. The van der Waals surface area contributed by atoms with E-state index in [1.807, 2.05) is 0 Å². The number of ether oxygens (including phenoxy) is 2. The summed E-state index contributed by atoms with van der Waals surface area (Å²) in [6, 6.07) is 17.8. The van der Waals surface area contributed by atoms with E-state index in [-0.39, 0.29) is 22.1 Å². The lowest BCUT2D eigenvalue weighted by atomic mass is 10.2. The molecule has 0 bridgehead atoms. The number of rotatable bonds is 8. The van der Waals surface area contributed by atoms with Gasteiger partial charge in [0.15, 0.2) is 11.6 Å². The summed E-state index contributed by atoms with van der Waals surface area (Å²) in [4.78, 5) is 21.7. The Balaban J connectivity index is 1.46. The first-order valence-corrected chi connectivity index (χ1v) is 13.8. The van der Waals surface area contributed by atoms with Crippen molar-refractivity contribution in [3.8, 4) is 5.75 Å². The first-order chi connectivity index (χ1) is 18.8. The van der Waals surface area contributed by atoms with Crippen molar-refractivity contribution in [2.45, 2.75) is 4.90 Å². The largest absolute Gasteiger partial charge is 0.497 e. The molecule has 1 amide bonds. The maximum Gasteiger partial charge on any atom is 0.265 e. The van der Waals surface area contributed by atoms with Crippen LogP contribution in [-0.4, -0.2) is 62.7 Å². The number of benzene rings is 3. The van der Waals surface area contributed by atoms with Crippen LogP contribution in [-0.2, 0) is 14.8 Å². The predicted molar refractivity (Wildman–Crippen MR) is 148 cm³/mol. The number of carbonyl (C=O) groups excluding carboxylic acids is 1. The van der Waals surface area contributed by atoms with Gasteiger partial charge in [-0.3, -0.25) is 14.9 Å². The summed E-state index contributed by atoms with van der Waals surface area (Å²) in [5.41, 5.74) is 4.44. The third kappa shape index (κ3) is 6.20. The number of hydrogen-bond acceptors (Lipinski definition) is 9. The molecular weight excluding hydrogens is 544 g/mol. The van der Waals surface area contributed by atoms with Gasteiger partial charge in [0.2, 0.25) is 0 Å². The molecule has 0 aliphatic carbocycles. The van der Waals surface area contributed by atoms with Gasteiger partial charge < -0.3 is 14.8 Å². The molecule has 4 aromatic rings. The Morgan fingerprint density at radius 3 is 2.41 bits per heavy atom. The molecule has 0 saturated carbocycles. The highest BCUT2D eigenvalue weighted by molar-refractivity contribution is 7.92. The zero-order valence-electron chi connectivity index (χ0n) is 20.8. The molecule has 3 N–H and O–H groups in total. The van der Waals surface area contributed by atoms with Gasteiger partial charge >= 0.3 is 0 Å². The lowest BCUT2D eigenvalue weighted by molar-refractivity contribution is 0.0126. The summed E-state index contributed by atoms with van der Waals surface area (Å²) in [6.07, 6.45) is 0. The molecule has 13 heteroatoms. The Hall–Kier alpha value is -3.97. The number of carbonyl (C=O) groups is 1. The average Bonchev–Trinajstić information content (AvgIpc) is 2.95. The number of hydrazine groups is 1. The number of nitrogens with zero attached hydrogens (tertiary/aromatic N) is 3. The van der Waals surface area contributed by atoms with Gasteiger partial charge in [-0.2, -0.15) is 0 Å². The number of amides is 1. The van der Waals surface area contributed by atoms with Crippen molar-refractivity contribution in [2.24, 2.45) is 0 Å². The van der Waals surface area contributed by atoms with Gasteiger partial charge in [-0.1, -0.05) is 29.8 Å². The van der Waals surface area contributed by atoms with Gasteiger partial charge in [0, 0.05) is 24.7 Å². The molecule has 0 spiro atoms. The standard InChI is InChI=1S/C26H25ClN6O5S/c1-37-18-9-10-20(27)23(16-18)30-24-25(29-22-8-3-2-7-21(22)28-24)32-39(35,36)19-6-4-5-17(15-19)26(34)31-33-11-13-38-14-12-33/h2-10,15-16H,11-14H2,1H3,(H,28,30)(H,29,32)(H,31,34). The Kier molecular flexibility index (Phi) is 7.79. The number of morpholine rings is 1. The molecule has 2 heterocycles. The van der Waals surface area contributed by atoms with Crippen LogP contribution in [0.4, 0.5) is 17.3 Å². The molecule has 1 aliphatic rings. The molecule has 0 radical (unpaired) electrons. The number of aromatic nitrogens is 2. The van der Waals surface area contributed by atoms with E-state index in [2.05, 4.69) is 25.4 Å². The number of fused-ring (bicyclic) bond motifs is 1. The summed E-state index contributed by atoms with van der Waals surface area (Å²) in [6.45, 7) is 2.09. The van der Waals surface area contributed by atoms with E-state index in [0.717, 1.165) is 0 Å². The molecule has 1 aromatic heterocycles.